The van der Waals surface area contributed by atoms with Gasteiger partial charge in [0.25, 0.3) is 5.91 Å². The quantitative estimate of drug-likeness (QED) is 0.520. The normalized spacial score (nSPS) is 10.8. The molecule has 2 heterocycles. The summed E-state index contributed by atoms with van der Waals surface area (Å²) in [6.07, 6.45) is 3.47. The summed E-state index contributed by atoms with van der Waals surface area (Å²) in [7, 11) is 0. The van der Waals surface area contributed by atoms with Crippen molar-refractivity contribution in [3.8, 4) is 0 Å². The predicted molar refractivity (Wildman–Crippen MR) is 105 cm³/mol. The zero-order valence-electron chi connectivity index (χ0n) is 13.9. The van der Waals surface area contributed by atoms with E-state index in [0.29, 0.717) is 17.8 Å². The van der Waals surface area contributed by atoms with Gasteiger partial charge in [-0.15, -0.1) is 0 Å². The predicted octanol–water partition coefficient (Wildman–Crippen LogP) is 4.99. The van der Waals surface area contributed by atoms with Gasteiger partial charge in [0.15, 0.2) is 5.15 Å². The number of nitrogens with zero attached hydrogens (tertiary/aromatic N) is 2. The Morgan fingerprint density at radius 3 is 2.58 bits per heavy atom. The van der Waals surface area contributed by atoms with Crippen LogP contribution >= 0.6 is 11.6 Å². The second-order valence-corrected chi connectivity index (χ2v) is 6.33. The van der Waals surface area contributed by atoms with E-state index < -0.39 is 0 Å². The summed E-state index contributed by atoms with van der Waals surface area (Å²) in [5.41, 5.74) is 3.30. The minimum atomic E-state index is -0.206. The standard InChI is InChI=1S/C21H16ClN3O/c22-20-18(10-6-12-23-20)24-21(26)17-14-25(13-15-7-2-1-3-8-15)19-11-5-4-9-16(17)19/h1-12,14H,13H2,(H,24,26). The van der Waals surface area contributed by atoms with E-state index in [4.69, 9.17) is 11.6 Å². The maximum atomic E-state index is 12.8. The fourth-order valence-corrected chi connectivity index (χ4v) is 3.17. The van der Waals surface area contributed by atoms with Gasteiger partial charge in [-0.05, 0) is 23.8 Å². The molecule has 2 aromatic heterocycles. The van der Waals surface area contributed by atoms with Crippen LogP contribution in [0.1, 0.15) is 15.9 Å². The van der Waals surface area contributed by atoms with Crippen molar-refractivity contribution < 1.29 is 4.79 Å². The molecule has 0 aliphatic carbocycles. The molecule has 0 radical (unpaired) electrons. The Balaban J connectivity index is 1.71. The lowest BCUT2D eigenvalue weighted by Gasteiger charge is -2.05. The molecule has 5 heteroatoms. The van der Waals surface area contributed by atoms with Gasteiger partial charge in [-0.2, -0.15) is 0 Å². The Morgan fingerprint density at radius 2 is 1.77 bits per heavy atom. The Labute approximate surface area is 156 Å². The lowest BCUT2D eigenvalue weighted by molar-refractivity contribution is 0.102. The van der Waals surface area contributed by atoms with E-state index >= 15 is 0 Å². The van der Waals surface area contributed by atoms with E-state index in [-0.39, 0.29) is 11.1 Å². The molecular formula is C21H16ClN3O. The van der Waals surface area contributed by atoms with Crippen LogP contribution in [0.25, 0.3) is 10.9 Å². The number of halogens is 1. The molecule has 26 heavy (non-hydrogen) atoms. The molecular weight excluding hydrogens is 346 g/mol. The van der Waals surface area contributed by atoms with Crippen LogP contribution in [0.2, 0.25) is 5.15 Å². The number of nitrogens with one attached hydrogen (secondary N) is 1. The third-order valence-electron chi connectivity index (χ3n) is 4.24. The van der Waals surface area contributed by atoms with Gasteiger partial charge in [0.05, 0.1) is 11.3 Å². The second kappa shape index (κ2) is 7.02. The number of aromatic nitrogens is 2. The minimum absolute atomic E-state index is 0.206. The number of rotatable bonds is 4. The molecule has 0 fully saturated rings. The number of pyridine rings is 1. The number of carbonyl (C=O) groups excluding carboxylic acids is 1. The van der Waals surface area contributed by atoms with Crippen LogP contribution in [0.4, 0.5) is 5.69 Å². The molecule has 4 aromatic rings. The summed E-state index contributed by atoms with van der Waals surface area (Å²) >= 11 is 6.06. The molecule has 4 rings (SSSR count). The highest BCUT2D eigenvalue weighted by atomic mass is 35.5. The Bertz CT molecular complexity index is 1070. The lowest BCUT2D eigenvalue weighted by Crippen LogP contribution is -2.12. The minimum Gasteiger partial charge on any atom is -0.342 e. The highest BCUT2D eigenvalue weighted by Gasteiger charge is 2.16. The van der Waals surface area contributed by atoms with Crippen molar-refractivity contribution in [2.24, 2.45) is 0 Å². The van der Waals surface area contributed by atoms with Gasteiger partial charge in [0, 0.05) is 29.8 Å². The Morgan fingerprint density at radius 1 is 1.00 bits per heavy atom. The fourth-order valence-electron chi connectivity index (χ4n) is 3.01. The van der Waals surface area contributed by atoms with E-state index in [2.05, 4.69) is 27.0 Å². The topological polar surface area (TPSA) is 46.9 Å². The van der Waals surface area contributed by atoms with Crippen molar-refractivity contribution in [1.82, 2.24) is 9.55 Å². The van der Waals surface area contributed by atoms with Gasteiger partial charge >= 0.3 is 0 Å². The summed E-state index contributed by atoms with van der Waals surface area (Å²) in [6.45, 7) is 0.697. The summed E-state index contributed by atoms with van der Waals surface area (Å²) in [6, 6.07) is 21.5. The number of carbonyl (C=O) groups is 1. The van der Waals surface area contributed by atoms with Crippen molar-refractivity contribution in [1.29, 1.82) is 0 Å². The average molecular weight is 362 g/mol. The van der Waals surface area contributed by atoms with Gasteiger partial charge in [-0.3, -0.25) is 4.79 Å². The van der Waals surface area contributed by atoms with Crippen molar-refractivity contribution in [3.63, 3.8) is 0 Å². The molecule has 128 valence electrons. The molecule has 0 aliphatic heterocycles. The first-order chi connectivity index (χ1) is 12.7. The van der Waals surface area contributed by atoms with Crippen molar-refractivity contribution in [3.05, 3.63) is 95.4 Å². The van der Waals surface area contributed by atoms with Crippen LogP contribution < -0.4 is 5.32 Å². The van der Waals surface area contributed by atoms with Crippen LogP contribution in [0.3, 0.4) is 0 Å². The number of hydrogen-bond donors (Lipinski definition) is 1. The molecule has 4 nitrogen and oxygen atoms in total. The first-order valence-corrected chi connectivity index (χ1v) is 8.64. The van der Waals surface area contributed by atoms with Gasteiger partial charge in [0.1, 0.15) is 0 Å². The average Bonchev–Trinajstić information content (AvgIpc) is 3.03. The number of benzene rings is 2. The van der Waals surface area contributed by atoms with Gasteiger partial charge in [-0.1, -0.05) is 60.1 Å². The number of para-hydroxylation sites is 1. The zero-order valence-corrected chi connectivity index (χ0v) is 14.6. The van der Waals surface area contributed by atoms with Crippen LogP contribution in [-0.2, 0) is 6.54 Å². The molecule has 1 amide bonds. The van der Waals surface area contributed by atoms with Crippen LogP contribution in [-0.4, -0.2) is 15.5 Å². The van der Waals surface area contributed by atoms with Crippen LogP contribution in [0.15, 0.2) is 79.1 Å². The maximum Gasteiger partial charge on any atom is 0.257 e. The van der Waals surface area contributed by atoms with Gasteiger partial charge < -0.3 is 9.88 Å². The summed E-state index contributed by atoms with van der Waals surface area (Å²) < 4.78 is 2.09. The van der Waals surface area contributed by atoms with Gasteiger partial charge in [0.2, 0.25) is 0 Å². The summed E-state index contributed by atoms with van der Waals surface area (Å²) in [5.74, 6) is -0.206. The molecule has 0 bridgehead atoms. The molecule has 2 aromatic carbocycles. The molecule has 0 atom stereocenters. The van der Waals surface area contributed by atoms with E-state index in [1.165, 1.54) is 5.56 Å². The van der Waals surface area contributed by atoms with E-state index in [9.17, 15) is 4.79 Å². The highest BCUT2D eigenvalue weighted by Crippen LogP contribution is 2.25. The summed E-state index contributed by atoms with van der Waals surface area (Å²) in [4.78, 5) is 16.8. The highest BCUT2D eigenvalue weighted by molar-refractivity contribution is 6.32. The van der Waals surface area contributed by atoms with E-state index in [1.807, 2.05) is 48.7 Å². The van der Waals surface area contributed by atoms with E-state index in [0.717, 1.165) is 10.9 Å². The summed E-state index contributed by atoms with van der Waals surface area (Å²) in [5, 5.41) is 4.02. The second-order valence-electron chi connectivity index (χ2n) is 5.97. The largest absolute Gasteiger partial charge is 0.342 e. The molecule has 0 saturated heterocycles. The zero-order chi connectivity index (χ0) is 17.9. The van der Waals surface area contributed by atoms with E-state index in [1.54, 1.807) is 18.3 Å². The Kier molecular flexibility index (Phi) is 4.42. The maximum absolute atomic E-state index is 12.8. The lowest BCUT2D eigenvalue weighted by atomic mass is 10.1. The van der Waals surface area contributed by atoms with Crippen LogP contribution in [0.5, 0.6) is 0 Å². The number of anilines is 1. The fraction of sp³-hybridized carbons (Fsp3) is 0.0476. The molecule has 0 spiro atoms. The first kappa shape index (κ1) is 16.4. The van der Waals surface area contributed by atoms with Crippen molar-refractivity contribution in [2.75, 3.05) is 5.32 Å². The van der Waals surface area contributed by atoms with Crippen LogP contribution in [0, 0.1) is 0 Å². The third-order valence-corrected chi connectivity index (χ3v) is 4.54. The molecule has 1 N–H and O–H groups in total. The SMILES string of the molecule is O=C(Nc1cccnc1Cl)c1cn(Cc2ccccc2)c2ccccc12. The Hall–Kier alpha value is -3.11. The third kappa shape index (κ3) is 3.19. The number of amides is 1. The first-order valence-electron chi connectivity index (χ1n) is 8.26. The monoisotopic (exact) mass is 361 g/mol. The van der Waals surface area contributed by atoms with Crippen molar-refractivity contribution >= 4 is 34.1 Å². The molecule has 0 aliphatic rings. The number of hydrogen-bond acceptors (Lipinski definition) is 2. The van der Waals surface area contributed by atoms with Crippen molar-refractivity contribution in [2.45, 2.75) is 6.54 Å². The molecule has 0 unspecified atom stereocenters. The van der Waals surface area contributed by atoms with Gasteiger partial charge in [-0.25, -0.2) is 4.98 Å². The number of fused-ring (bicyclic) bond motifs is 1. The molecule has 0 saturated carbocycles. The smallest absolute Gasteiger partial charge is 0.257 e.